The van der Waals surface area contributed by atoms with Crippen molar-refractivity contribution in [3.8, 4) is 0 Å². The lowest BCUT2D eigenvalue weighted by Gasteiger charge is -2.50. The van der Waals surface area contributed by atoms with Crippen LogP contribution >= 0.6 is 0 Å². The monoisotopic (exact) mass is 989 g/mol. The highest BCUT2D eigenvalue weighted by molar-refractivity contribution is 5.00. The Hall–Kier alpha value is -1.24. The molecule has 6 aliphatic rings. The molecular formula is C36H61O31-. The second kappa shape index (κ2) is 23.5. The van der Waals surface area contributed by atoms with Crippen LogP contribution in [-0.4, -0.2) is 321 Å². The summed E-state index contributed by atoms with van der Waals surface area (Å²) in [7, 11) is 0. The van der Waals surface area contributed by atoms with Gasteiger partial charge in [-0.1, -0.05) is 0 Å². The first-order valence-corrected chi connectivity index (χ1v) is 21.1. The Balaban J connectivity index is 1.18. The van der Waals surface area contributed by atoms with Gasteiger partial charge in [-0.3, -0.25) is 0 Å². The van der Waals surface area contributed by atoms with E-state index in [1.165, 1.54) is 0 Å². The number of aliphatic hydroxyl groups is 19. The zero-order valence-electron chi connectivity index (χ0n) is 35.0. The molecule has 6 saturated heterocycles. The fourth-order valence-corrected chi connectivity index (χ4v) is 8.47. The number of aliphatic hydroxyl groups excluding tert-OH is 19. The van der Waals surface area contributed by atoms with Crippen LogP contribution in [0.4, 0.5) is 0 Å². The van der Waals surface area contributed by atoms with Gasteiger partial charge >= 0.3 is 0 Å². The fourth-order valence-electron chi connectivity index (χ4n) is 8.47. The topological polar surface area (TPSA) is 509 Å². The Morgan fingerprint density at radius 2 is 0.463 bits per heavy atom. The number of hydrogen-bond donors (Lipinski definition) is 19. The Morgan fingerprint density at radius 1 is 0.254 bits per heavy atom. The summed E-state index contributed by atoms with van der Waals surface area (Å²) in [5, 5.41) is 213. The first kappa shape index (κ1) is 55.1. The van der Waals surface area contributed by atoms with Crippen LogP contribution in [0.5, 0.6) is 0 Å². The van der Waals surface area contributed by atoms with Gasteiger partial charge in [0.15, 0.2) is 31.5 Å². The van der Waals surface area contributed by atoms with Crippen molar-refractivity contribution in [2.75, 3.05) is 39.6 Å². The Morgan fingerprint density at radius 3 is 0.716 bits per heavy atom. The minimum absolute atomic E-state index is 0.877. The molecule has 6 rings (SSSR count). The molecule has 0 unspecified atom stereocenters. The number of hydrogen-bond acceptors (Lipinski definition) is 31. The molecule has 0 radical (unpaired) electrons. The van der Waals surface area contributed by atoms with Gasteiger partial charge < -0.3 is 154 Å². The second-order valence-corrected chi connectivity index (χ2v) is 16.7. The molecule has 31 heteroatoms. The average Bonchev–Trinajstić information content (AvgIpc) is 3.31. The van der Waals surface area contributed by atoms with E-state index >= 15 is 0 Å². The molecule has 0 aliphatic carbocycles. The molecule has 19 N–H and O–H groups in total. The fraction of sp³-hybridized carbons (Fsp3) is 1.00. The van der Waals surface area contributed by atoms with E-state index in [2.05, 4.69) is 0 Å². The highest BCUT2D eigenvalue weighted by atomic mass is 16.8. The van der Waals surface area contributed by atoms with Crippen molar-refractivity contribution in [3.63, 3.8) is 0 Å². The van der Waals surface area contributed by atoms with Crippen LogP contribution in [0.3, 0.4) is 0 Å². The average molecular weight is 990 g/mol. The highest BCUT2D eigenvalue weighted by Crippen LogP contribution is 2.37. The van der Waals surface area contributed by atoms with Gasteiger partial charge in [0.1, 0.15) is 140 Å². The first-order chi connectivity index (χ1) is 31.8. The van der Waals surface area contributed by atoms with Gasteiger partial charge in [0.05, 0.1) is 45.7 Å². The van der Waals surface area contributed by atoms with Crippen molar-refractivity contribution in [2.45, 2.75) is 184 Å². The Kier molecular flexibility index (Phi) is 19.4. The molecule has 0 saturated carbocycles. The zero-order valence-corrected chi connectivity index (χ0v) is 35.0. The summed E-state index contributed by atoms with van der Waals surface area (Å²) in [5.74, 6) is 0. The van der Waals surface area contributed by atoms with E-state index in [1.54, 1.807) is 0 Å². The number of ether oxygens (including phenoxy) is 11. The van der Waals surface area contributed by atoms with E-state index in [0.717, 1.165) is 0 Å². The predicted molar refractivity (Wildman–Crippen MR) is 197 cm³/mol. The quantitative estimate of drug-likeness (QED) is 0.0683. The lowest BCUT2D eigenvalue weighted by atomic mass is 9.95. The molecule has 0 aromatic carbocycles. The second-order valence-electron chi connectivity index (χ2n) is 16.7. The predicted octanol–water partition coefficient (Wildman–Crippen LogP) is -14.7. The third-order valence-corrected chi connectivity index (χ3v) is 12.4. The zero-order chi connectivity index (χ0) is 49.3. The third kappa shape index (κ3) is 11.2. The van der Waals surface area contributed by atoms with Crippen LogP contribution in [0.15, 0.2) is 0 Å². The maximum atomic E-state index is 12.3. The van der Waals surface area contributed by atoms with E-state index in [-0.39, 0.29) is 0 Å². The van der Waals surface area contributed by atoms with Crippen LogP contribution in [0.25, 0.3) is 0 Å². The minimum Gasteiger partial charge on any atom is -0.829 e. The molecule has 6 aliphatic heterocycles. The van der Waals surface area contributed by atoms with Crippen molar-refractivity contribution in [1.29, 1.82) is 0 Å². The van der Waals surface area contributed by atoms with Crippen LogP contribution in [0.2, 0.25) is 0 Å². The van der Waals surface area contributed by atoms with Gasteiger partial charge in [0.2, 0.25) is 0 Å². The van der Waals surface area contributed by atoms with Gasteiger partial charge in [0.25, 0.3) is 0 Å². The van der Waals surface area contributed by atoms with Crippen LogP contribution in [0.1, 0.15) is 0 Å². The van der Waals surface area contributed by atoms with Crippen molar-refractivity contribution in [3.05, 3.63) is 0 Å². The highest BCUT2D eigenvalue weighted by Gasteiger charge is 2.57. The molecule has 0 amide bonds. The summed E-state index contributed by atoms with van der Waals surface area (Å²) in [4.78, 5) is 0. The van der Waals surface area contributed by atoms with Crippen molar-refractivity contribution in [2.24, 2.45) is 0 Å². The standard InChI is InChI=1S/C36H61O31/c37-1-7-13(43)19(49)20(50)32(58-7)64-27-15(45)9(3-39)60-34(22(27)52)66-29-17(47)11(5-41)62-36(24(29)54)67-30-18(48)12(6-42)61-35(25(30)55)65-28-16(46)10(4-40)59-33(23(28)53)63-26-14(44)8(2-38)57-31(56)21(26)51/h7-55H,1-6H2/q-1/t7-,8-,9-,10-,11-,12-,13-,14-,15-,16-,17-,18-,19+,20-,21-,22-,23-,24-,25-,26+,27+,28+,29+,30+,31-,32+,33+,34+,35+,36+/m1/s1. The van der Waals surface area contributed by atoms with Crippen LogP contribution in [-0.2, 0) is 52.1 Å². The van der Waals surface area contributed by atoms with E-state index in [0.29, 0.717) is 0 Å². The van der Waals surface area contributed by atoms with E-state index in [4.69, 9.17) is 52.1 Å². The molecule has 30 atom stereocenters. The third-order valence-electron chi connectivity index (χ3n) is 12.4. The van der Waals surface area contributed by atoms with E-state index in [9.17, 15) is 102 Å². The summed E-state index contributed by atoms with van der Waals surface area (Å²) >= 11 is 0. The van der Waals surface area contributed by atoms with Crippen LogP contribution < -0.4 is 5.11 Å². The van der Waals surface area contributed by atoms with Crippen LogP contribution in [0, 0.1) is 0 Å². The minimum atomic E-state index is -2.26. The van der Waals surface area contributed by atoms with Gasteiger partial charge in [-0.25, -0.2) is 0 Å². The van der Waals surface area contributed by atoms with Crippen molar-refractivity contribution < 1.29 is 154 Å². The van der Waals surface area contributed by atoms with Crippen molar-refractivity contribution >= 4 is 0 Å². The smallest absolute Gasteiger partial charge is 0.187 e. The lowest BCUT2D eigenvalue weighted by molar-refractivity contribution is -0.536. The molecule has 6 heterocycles. The first-order valence-electron chi connectivity index (χ1n) is 21.1. The molecule has 0 spiro atoms. The molecule has 6 fully saturated rings. The molecule has 0 bridgehead atoms. The van der Waals surface area contributed by atoms with E-state index in [1.807, 2.05) is 0 Å². The summed E-state index contributed by atoms with van der Waals surface area (Å²) < 4.78 is 60.2. The Labute approximate surface area is 378 Å². The van der Waals surface area contributed by atoms with E-state index < -0.39 is 224 Å². The lowest BCUT2D eigenvalue weighted by Crippen LogP contribution is -2.69. The van der Waals surface area contributed by atoms with Gasteiger partial charge in [-0.05, 0) is 0 Å². The summed E-state index contributed by atoms with van der Waals surface area (Å²) in [6.07, 6.45) is -59.2. The maximum Gasteiger partial charge on any atom is 0.187 e. The maximum absolute atomic E-state index is 12.3. The van der Waals surface area contributed by atoms with Gasteiger partial charge in [-0.2, -0.15) is 0 Å². The molecule has 67 heavy (non-hydrogen) atoms. The molecule has 0 aromatic rings. The normalized spacial score (nSPS) is 53.4. The van der Waals surface area contributed by atoms with Gasteiger partial charge in [0, 0.05) is 6.29 Å². The molecular weight excluding hydrogens is 928 g/mol. The van der Waals surface area contributed by atoms with Crippen molar-refractivity contribution in [1.82, 2.24) is 0 Å². The molecule has 31 nitrogen and oxygen atoms in total. The summed E-state index contributed by atoms with van der Waals surface area (Å²) in [5.41, 5.74) is 0. The molecule has 0 aromatic heterocycles. The summed E-state index contributed by atoms with van der Waals surface area (Å²) in [6, 6.07) is 0. The summed E-state index contributed by atoms with van der Waals surface area (Å²) in [6.45, 7) is -5.86. The molecule has 392 valence electrons. The van der Waals surface area contributed by atoms with Gasteiger partial charge in [-0.15, -0.1) is 0 Å². The number of rotatable bonds is 16. The SMILES string of the molecule is [O-][C@@H]1O[C@H](CO)[C@@H](O)[C@H](O[C@@H]2O[C@H](CO)[C@@H](O)[C@H](O[C@@H]3O[C@H](CO)[C@@H](O)[C@H](O[C@@H]4O[C@H](CO)[C@@H](O)[C@H](O[C@@H]5O[C@H](CO)[C@@H](O)[C@H](O[C@@H]6O[C@H](CO)[C@@H](O)[C@H](O)[C@H]6O)[C@H]5O)[C@H]4O)[C@H]3O)[C@H]2O)[C@H]1O. The Bertz CT molecular complexity index is 1510. The largest absolute Gasteiger partial charge is 0.829 e.